The van der Waals surface area contributed by atoms with Gasteiger partial charge in [0.15, 0.2) is 11.7 Å². The maximum atomic E-state index is 13.7. The highest BCUT2D eigenvalue weighted by molar-refractivity contribution is 5.94. The van der Waals surface area contributed by atoms with Gasteiger partial charge in [-0.2, -0.15) is 0 Å². The van der Waals surface area contributed by atoms with Gasteiger partial charge in [0, 0.05) is 43.6 Å². The van der Waals surface area contributed by atoms with Gasteiger partial charge in [0.1, 0.15) is 5.78 Å². The molecule has 0 saturated carbocycles. The number of hydrogen-bond donors (Lipinski definition) is 6. The van der Waals surface area contributed by atoms with Crippen LogP contribution in [-0.4, -0.2) is 59.5 Å². The van der Waals surface area contributed by atoms with Crippen LogP contribution < -0.4 is 34.0 Å². The van der Waals surface area contributed by atoms with E-state index in [4.69, 9.17) is 28.7 Å². The van der Waals surface area contributed by atoms with Crippen LogP contribution in [0.3, 0.4) is 0 Å². The fourth-order valence-electron chi connectivity index (χ4n) is 4.79. The van der Waals surface area contributed by atoms with Crippen molar-refractivity contribution in [1.82, 2.24) is 10.3 Å². The third kappa shape index (κ3) is 13.6. The lowest BCUT2D eigenvalue weighted by atomic mass is 9.88. The lowest BCUT2D eigenvalue weighted by molar-refractivity contribution is -0.133. The van der Waals surface area contributed by atoms with E-state index in [1.165, 1.54) is 0 Å². The first-order valence-corrected chi connectivity index (χ1v) is 14.7. The first-order valence-electron chi connectivity index (χ1n) is 14.7. The maximum absolute atomic E-state index is 13.7. The first kappa shape index (κ1) is 35.0. The van der Waals surface area contributed by atoms with Gasteiger partial charge < -0.3 is 34.0 Å². The number of hydrogen-bond acceptors (Lipinski definition) is 8. The molecular formula is C31H46N8O4. The topological polar surface area (TPSA) is 236 Å². The Kier molecular flexibility index (Phi) is 15.6. The van der Waals surface area contributed by atoms with Crippen molar-refractivity contribution in [1.29, 1.82) is 0 Å². The van der Waals surface area contributed by atoms with E-state index >= 15 is 0 Å². The van der Waals surface area contributed by atoms with Crippen LogP contribution in [0.4, 0.5) is 0 Å². The zero-order valence-electron chi connectivity index (χ0n) is 24.7. The molecule has 43 heavy (non-hydrogen) atoms. The summed E-state index contributed by atoms with van der Waals surface area (Å²) >= 11 is 0. The Morgan fingerprint density at radius 2 is 1.42 bits per heavy atom. The van der Waals surface area contributed by atoms with E-state index in [-0.39, 0.29) is 36.8 Å². The monoisotopic (exact) mass is 594 g/mol. The van der Waals surface area contributed by atoms with Crippen LogP contribution in [0, 0.1) is 11.8 Å². The van der Waals surface area contributed by atoms with Crippen LogP contribution >= 0.6 is 0 Å². The van der Waals surface area contributed by atoms with Crippen LogP contribution in [0.25, 0.3) is 0 Å². The number of nitrogens with zero attached hydrogens (tertiary/aromatic N) is 2. The van der Waals surface area contributed by atoms with Gasteiger partial charge in [0.2, 0.25) is 11.8 Å². The normalized spacial score (nSPS) is 13.7. The molecule has 1 aromatic heterocycles. The number of carbonyl (C=O) groups excluding carboxylic acids is 4. The summed E-state index contributed by atoms with van der Waals surface area (Å²) in [6, 6.07) is 11.2. The number of carbonyl (C=O) groups is 4. The van der Waals surface area contributed by atoms with E-state index in [0.717, 1.165) is 11.1 Å². The average molecular weight is 595 g/mol. The molecule has 12 heteroatoms. The summed E-state index contributed by atoms with van der Waals surface area (Å²) in [5.74, 6) is -3.14. The molecule has 0 radical (unpaired) electrons. The number of guanidine groups is 1. The van der Waals surface area contributed by atoms with E-state index in [0.29, 0.717) is 51.6 Å². The Labute approximate surface area is 253 Å². The molecule has 0 unspecified atom stereocenters. The number of Topliss-reactive ketones (excluding diaryl/α,β-unsaturated/α-hetero) is 2. The molecule has 234 valence electrons. The standard InChI is InChI=1S/C31H46N8O4/c32-13-5-4-10-26(28(41)19-23(29(34)42)17-21-7-2-1-3-8-21)39-30(43)24(18-22-11-15-37-16-12-22)20-27(40)25(33)9-6-14-38-31(35)36/h1-3,7-8,11-12,15-16,23-26H,4-6,9-10,13-14,17-20,32-33H2,(H2,34,42)(H,39,43)(H4,35,36,38)/t23-,24-,25-,26+/m1/s1. The number of amides is 2. The Morgan fingerprint density at radius 1 is 0.791 bits per heavy atom. The molecule has 4 atom stereocenters. The van der Waals surface area contributed by atoms with Crippen LogP contribution in [0.1, 0.15) is 56.1 Å². The number of ketones is 2. The minimum atomic E-state index is -0.861. The number of nitrogens with two attached hydrogens (primary N) is 5. The quantitative estimate of drug-likeness (QED) is 0.0669. The number of aromatic nitrogens is 1. The van der Waals surface area contributed by atoms with E-state index in [1.807, 2.05) is 30.3 Å². The SMILES string of the molecule is NCCCC[C@H](NC(=O)[C@@H](CC(=O)[C@H](N)CCCN=C(N)N)Cc1ccncc1)C(=O)C[C@@H](Cc1ccccc1)C(N)=O. The lowest BCUT2D eigenvalue weighted by Gasteiger charge is -2.24. The highest BCUT2D eigenvalue weighted by Gasteiger charge is 2.30. The van der Waals surface area contributed by atoms with E-state index in [1.54, 1.807) is 24.5 Å². The minimum absolute atomic E-state index is 0.0354. The van der Waals surface area contributed by atoms with Gasteiger partial charge >= 0.3 is 0 Å². The maximum Gasteiger partial charge on any atom is 0.224 e. The number of aliphatic imine (C=N–C) groups is 1. The molecular weight excluding hydrogens is 548 g/mol. The van der Waals surface area contributed by atoms with Crippen molar-refractivity contribution in [3.05, 3.63) is 66.0 Å². The second kappa shape index (κ2) is 19.1. The third-order valence-corrected chi connectivity index (χ3v) is 7.26. The zero-order valence-corrected chi connectivity index (χ0v) is 24.7. The highest BCUT2D eigenvalue weighted by atomic mass is 16.2. The predicted octanol–water partition coefficient (Wildman–Crippen LogP) is 0.498. The molecule has 1 aromatic carbocycles. The number of unbranched alkanes of at least 4 members (excludes halogenated alkanes) is 1. The van der Waals surface area contributed by atoms with Crippen LogP contribution in [0.2, 0.25) is 0 Å². The molecule has 0 aliphatic rings. The highest BCUT2D eigenvalue weighted by Crippen LogP contribution is 2.19. The van der Waals surface area contributed by atoms with Gasteiger partial charge in [-0.1, -0.05) is 30.3 Å². The summed E-state index contributed by atoms with van der Waals surface area (Å²) in [5.41, 5.74) is 29.9. The van der Waals surface area contributed by atoms with Crippen molar-refractivity contribution in [3.63, 3.8) is 0 Å². The molecule has 11 N–H and O–H groups in total. The molecule has 2 amide bonds. The van der Waals surface area contributed by atoms with Gasteiger partial charge in [-0.15, -0.1) is 0 Å². The number of pyridine rings is 1. The van der Waals surface area contributed by atoms with Crippen LogP contribution in [0.15, 0.2) is 59.9 Å². The molecule has 0 spiro atoms. The summed E-state index contributed by atoms with van der Waals surface area (Å²) in [4.78, 5) is 60.4. The Morgan fingerprint density at radius 3 is 2.05 bits per heavy atom. The van der Waals surface area contributed by atoms with Crippen molar-refractivity contribution >= 4 is 29.3 Å². The lowest BCUT2D eigenvalue weighted by Crippen LogP contribution is -2.46. The van der Waals surface area contributed by atoms with Crippen molar-refractivity contribution in [2.75, 3.05) is 13.1 Å². The van der Waals surface area contributed by atoms with Crippen molar-refractivity contribution in [2.45, 2.75) is 69.9 Å². The van der Waals surface area contributed by atoms with E-state index in [2.05, 4.69) is 15.3 Å². The van der Waals surface area contributed by atoms with Crippen molar-refractivity contribution < 1.29 is 19.2 Å². The summed E-state index contributed by atoms with van der Waals surface area (Å²) in [6.45, 7) is 0.778. The molecule has 0 saturated heterocycles. The fourth-order valence-corrected chi connectivity index (χ4v) is 4.79. The van der Waals surface area contributed by atoms with Crippen LogP contribution in [0.5, 0.6) is 0 Å². The molecule has 12 nitrogen and oxygen atoms in total. The smallest absolute Gasteiger partial charge is 0.224 e. The summed E-state index contributed by atoms with van der Waals surface area (Å²) in [7, 11) is 0. The van der Waals surface area contributed by atoms with E-state index < -0.39 is 35.7 Å². The van der Waals surface area contributed by atoms with Gasteiger partial charge in [-0.3, -0.25) is 29.2 Å². The molecule has 0 fully saturated rings. The molecule has 1 heterocycles. The summed E-state index contributed by atoms with van der Waals surface area (Å²) in [6.07, 6.45) is 6.02. The Balaban J connectivity index is 2.18. The number of benzene rings is 1. The molecule has 0 bridgehead atoms. The van der Waals surface area contributed by atoms with Crippen molar-refractivity contribution in [2.24, 2.45) is 45.5 Å². The molecule has 0 aliphatic carbocycles. The largest absolute Gasteiger partial charge is 0.370 e. The number of rotatable bonds is 21. The number of primary amides is 1. The van der Waals surface area contributed by atoms with Gasteiger partial charge in [-0.25, -0.2) is 0 Å². The van der Waals surface area contributed by atoms with E-state index in [9.17, 15) is 19.2 Å². The Hall–Kier alpha value is -4.16. The molecule has 2 rings (SSSR count). The number of nitrogens with one attached hydrogen (secondary N) is 1. The van der Waals surface area contributed by atoms with Gasteiger partial charge in [-0.05, 0) is 74.8 Å². The molecule has 0 aliphatic heterocycles. The Bertz CT molecular complexity index is 1190. The second-order valence-corrected chi connectivity index (χ2v) is 10.8. The fraction of sp³-hybridized carbons (Fsp3) is 0.484. The summed E-state index contributed by atoms with van der Waals surface area (Å²) in [5, 5.41) is 2.88. The van der Waals surface area contributed by atoms with Crippen LogP contribution in [-0.2, 0) is 32.0 Å². The zero-order chi connectivity index (χ0) is 31.6. The predicted molar refractivity (Wildman–Crippen MR) is 166 cm³/mol. The van der Waals surface area contributed by atoms with Gasteiger partial charge in [0.05, 0.1) is 12.1 Å². The van der Waals surface area contributed by atoms with Crippen molar-refractivity contribution in [3.8, 4) is 0 Å². The molecule has 2 aromatic rings. The first-order chi connectivity index (χ1) is 20.6. The minimum Gasteiger partial charge on any atom is -0.370 e. The van der Waals surface area contributed by atoms with Gasteiger partial charge in [0.25, 0.3) is 0 Å². The average Bonchev–Trinajstić information content (AvgIpc) is 2.98. The second-order valence-electron chi connectivity index (χ2n) is 10.8. The third-order valence-electron chi connectivity index (χ3n) is 7.26. The summed E-state index contributed by atoms with van der Waals surface area (Å²) < 4.78 is 0.